The fourth-order valence-electron chi connectivity index (χ4n) is 3.83. The summed E-state index contributed by atoms with van der Waals surface area (Å²) in [6.07, 6.45) is 1.38. The highest BCUT2D eigenvalue weighted by Gasteiger charge is 2.32. The van der Waals surface area contributed by atoms with Gasteiger partial charge in [0.2, 0.25) is 28.6 Å². The number of methoxy groups -OCH3 is 1. The molecular weight excluding hydrogens is 474 g/mol. The van der Waals surface area contributed by atoms with Crippen molar-refractivity contribution >= 4 is 27.5 Å². The van der Waals surface area contributed by atoms with Gasteiger partial charge in [-0.05, 0) is 43.2 Å². The molecule has 0 aromatic heterocycles. The average molecular weight is 506 g/mol. The maximum Gasteiger partial charge on any atom is 0.244 e. The lowest BCUT2D eigenvalue weighted by atomic mass is 10.1. The summed E-state index contributed by atoms with van der Waals surface area (Å²) < 4.78 is 42.3. The third-order valence-electron chi connectivity index (χ3n) is 5.55. The van der Waals surface area contributed by atoms with Gasteiger partial charge in [-0.2, -0.15) is 0 Å². The molecule has 0 saturated carbocycles. The zero-order valence-corrected chi connectivity index (χ0v) is 21.1. The number of likely N-dealkylation sites (N-methyl/N-ethyl adjacent to an activating group) is 1. The van der Waals surface area contributed by atoms with E-state index in [9.17, 15) is 18.0 Å². The minimum atomic E-state index is -3.84. The van der Waals surface area contributed by atoms with Gasteiger partial charge in [0.25, 0.3) is 0 Å². The molecule has 11 heteroatoms. The van der Waals surface area contributed by atoms with E-state index in [0.717, 1.165) is 16.1 Å². The Kier molecular flexibility index (Phi) is 8.44. The van der Waals surface area contributed by atoms with Crippen LogP contribution in [0.15, 0.2) is 42.5 Å². The Morgan fingerprint density at radius 3 is 2.51 bits per heavy atom. The van der Waals surface area contributed by atoms with Crippen LogP contribution in [0.1, 0.15) is 25.8 Å². The number of benzene rings is 2. The van der Waals surface area contributed by atoms with Gasteiger partial charge in [0.1, 0.15) is 18.3 Å². The Morgan fingerprint density at radius 2 is 1.86 bits per heavy atom. The molecule has 1 aliphatic rings. The van der Waals surface area contributed by atoms with Crippen molar-refractivity contribution < 1.29 is 32.2 Å². The highest BCUT2D eigenvalue weighted by atomic mass is 32.2. The molecule has 10 nitrogen and oxygen atoms in total. The SMILES string of the molecule is CCNC(=O)[C@@H](CC)N(Cc1cccc(OC)c1)C(=O)CN(c1ccc2c(c1)OCO2)S(C)(=O)=O. The molecule has 190 valence electrons. The Bertz CT molecular complexity index is 1170. The number of fused-ring (bicyclic) bond motifs is 1. The predicted octanol–water partition coefficient (Wildman–Crippen LogP) is 2.13. The molecule has 3 rings (SSSR count). The first-order valence-electron chi connectivity index (χ1n) is 11.2. The lowest BCUT2D eigenvalue weighted by Gasteiger charge is -2.32. The summed E-state index contributed by atoms with van der Waals surface area (Å²) in [7, 11) is -2.30. The van der Waals surface area contributed by atoms with Gasteiger partial charge in [0.15, 0.2) is 11.5 Å². The number of rotatable bonds is 11. The van der Waals surface area contributed by atoms with Crippen molar-refractivity contribution in [3.63, 3.8) is 0 Å². The smallest absolute Gasteiger partial charge is 0.244 e. The molecule has 1 heterocycles. The molecule has 0 aliphatic carbocycles. The normalized spacial score (nSPS) is 13.1. The number of nitrogens with zero attached hydrogens (tertiary/aromatic N) is 2. The Balaban J connectivity index is 1.95. The molecule has 1 aliphatic heterocycles. The summed E-state index contributed by atoms with van der Waals surface area (Å²) in [6.45, 7) is 3.66. The Morgan fingerprint density at radius 1 is 1.11 bits per heavy atom. The molecule has 2 aromatic carbocycles. The van der Waals surface area contributed by atoms with E-state index in [-0.39, 0.29) is 24.9 Å². The number of hydrogen-bond donors (Lipinski definition) is 1. The van der Waals surface area contributed by atoms with E-state index in [4.69, 9.17) is 14.2 Å². The molecule has 0 saturated heterocycles. The molecule has 2 amide bonds. The van der Waals surface area contributed by atoms with Gasteiger partial charge >= 0.3 is 0 Å². The highest BCUT2D eigenvalue weighted by molar-refractivity contribution is 7.92. The summed E-state index contributed by atoms with van der Waals surface area (Å²) >= 11 is 0. The van der Waals surface area contributed by atoms with Crippen LogP contribution < -0.4 is 23.8 Å². The zero-order valence-electron chi connectivity index (χ0n) is 20.3. The summed E-state index contributed by atoms with van der Waals surface area (Å²) in [5, 5.41) is 2.76. The number of ether oxygens (including phenoxy) is 3. The number of hydrogen-bond acceptors (Lipinski definition) is 7. The van der Waals surface area contributed by atoms with Crippen LogP contribution in [0, 0.1) is 0 Å². The van der Waals surface area contributed by atoms with Crippen molar-refractivity contribution in [3.05, 3.63) is 48.0 Å². The minimum Gasteiger partial charge on any atom is -0.497 e. The summed E-state index contributed by atoms with van der Waals surface area (Å²) in [6, 6.07) is 11.0. The van der Waals surface area contributed by atoms with Crippen molar-refractivity contribution in [1.82, 2.24) is 10.2 Å². The molecule has 0 spiro atoms. The first-order valence-corrected chi connectivity index (χ1v) is 13.1. The van der Waals surface area contributed by atoms with E-state index in [1.54, 1.807) is 51.3 Å². The Labute approximate surface area is 205 Å². The third-order valence-corrected chi connectivity index (χ3v) is 6.69. The lowest BCUT2D eigenvalue weighted by molar-refractivity contribution is -0.140. The van der Waals surface area contributed by atoms with Crippen LogP contribution in [0.4, 0.5) is 5.69 Å². The second kappa shape index (κ2) is 11.3. The minimum absolute atomic E-state index is 0.0373. The number of anilines is 1. The fraction of sp³-hybridized carbons (Fsp3) is 0.417. The van der Waals surface area contributed by atoms with Gasteiger partial charge in [-0.25, -0.2) is 8.42 Å². The average Bonchev–Trinajstić information content (AvgIpc) is 3.29. The van der Waals surface area contributed by atoms with E-state index in [0.29, 0.717) is 30.2 Å². The quantitative estimate of drug-likeness (QED) is 0.498. The van der Waals surface area contributed by atoms with E-state index >= 15 is 0 Å². The molecule has 1 atom stereocenters. The maximum atomic E-state index is 13.6. The standard InChI is InChI=1S/C24H31N3O7S/c1-5-20(24(29)25-6-2)26(14-17-8-7-9-19(12-17)32-3)23(28)15-27(35(4,30)31)18-10-11-21-22(13-18)34-16-33-21/h7-13,20H,5-6,14-16H2,1-4H3,(H,25,29)/t20-/m1/s1. The van der Waals surface area contributed by atoms with Crippen LogP contribution in [0.3, 0.4) is 0 Å². The fourth-order valence-corrected chi connectivity index (χ4v) is 4.67. The van der Waals surface area contributed by atoms with Crippen LogP contribution in [0.25, 0.3) is 0 Å². The van der Waals surface area contributed by atoms with E-state index in [2.05, 4.69) is 5.32 Å². The van der Waals surface area contributed by atoms with Gasteiger partial charge in [-0.1, -0.05) is 19.1 Å². The molecule has 35 heavy (non-hydrogen) atoms. The first kappa shape index (κ1) is 26.1. The van der Waals surface area contributed by atoms with E-state index < -0.39 is 28.5 Å². The summed E-state index contributed by atoms with van der Waals surface area (Å²) in [4.78, 5) is 27.9. The lowest BCUT2D eigenvalue weighted by Crippen LogP contribution is -2.52. The number of carbonyl (C=O) groups is 2. The van der Waals surface area contributed by atoms with Gasteiger partial charge in [0, 0.05) is 19.2 Å². The molecule has 0 bridgehead atoms. The molecule has 0 radical (unpaired) electrons. The second-order valence-electron chi connectivity index (χ2n) is 8.00. The van der Waals surface area contributed by atoms with Crippen molar-refractivity contribution in [2.45, 2.75) is 32.9 Å². The number of sulfonamides is 1. The maximum absolute atomic E-state index is 13.6. The van der Waals surface area contributed by atoms with Crippen molar-refractivity contribution in [2.75, 3.05) is 37.6 Å². The van der Waals surface area contributed by atoms with E-state index in [1.165, 1.54) is 11.0 Å². The molecular formula is C24H31N3O7S. The molecule has 0 unspecified atom stereocenters. The first-order chi connectivity index (χ1) is 16.7. The van der Waals surface area contributed by atoms with Gasteiger partial charge < -0.3 is 24.4 Å². The van der Waals surface area contributed by atoms with Crippen LogP contribution >= 0.6 is 0 Å². The summed E-state index contributed by atoms with van der Waals surface area (Å²) in [5.74, 6) is 0.675. The largest absolute Gasteiger partial charge is 0.497 e. The number of amides is 2. The van der Waals surface area contributed by atoms with Gasteiger partial charge in [-0.15, -0.1) is 0 Å². The van der Waals surface area contributed by atoms with Crippen molar-refractivity contribution in [3.8, 4) is 17.2 Å². The van der Waals surface area contributed by atoms with Crippen LogP contribution in [-0.4, -0.2) is 64.4 Å². The van der Waals surface area contributed by atoms with Crippen LogP contribution in [-0.2, 0) is 26.2 Å². The van der Waals surface area contributed by atoms with Gasteiger partial charge in [0.05, 0.1) is 19.1 Å². The molecule has 1 N–H and O–H groups in total. The number of nitrogens with one attached hydrogen (secondary N) is 1. The summed E-state index contributed by atoms with van der Waals surface area (Å²) in [5.41, 5.74) is 1.01. The highest BCUT2D eigenvalue weighted by Crippen LogP contribution is 2.36. The topological polar surface area (TPSA) is 114 Å². The van der Waals surface area contributed by atoms with E-state index in [1.807, 2.05) is 6.07 Å². The van der Waals surface area contributed by atoms with Crippen LogP contribution in [0.5, 0.6) is 17.2 Å². The van der Waals surface area contributed by atoms with Gasteiger partial charge in [-0.3, -0.25) is 13.9 Å². The number of carbonyl (C=O) groups excluding carboxylic acids is 2. The Hall–Kier alpha value is -3.47. The monoisotopic (exact) mass is 505 g/mol. The molecule has 0 fully saturated rings. The predicted molar refractivity (Wildman–Crippen MR) is 131 cm³/mol. The second-order valence-corrected chi connectivity index (χ2v) is 9.91. The molecule has 2 aromatic rings. The third kappa shape index (κ3) is 6.36. The van der Waals surface area contributed by atoms with Crippen LogP contribution in [0.2, 0.25) is 0 Å². The zero-order chi connectivity index (χ0) is 25.6. The van der Waals surface area contributed by atoms with Crippen molar-refractivity contribution in [2.24, 2.45) is 0 Å². The van der Waals surface area contributed by atoms with Crippen molar-refractivity contribution in [1.29, 1.82) is 0 Å².